The number of aryl methyl sites for hydroxylation is 1. The van der Waals surface area contributed by atoms with Crippen LogP contribution in [0.4, 0.5) is 5.69 Å². The van der Waals surface area contributed by atoms with Crippen LogP contribution in [0.1, 0.15) is 18.9 Å². The first-order valence-corrected chi connectivity index (χ1v) is 7.21. The quantitative estimate of drug-likeness (QED) is 0.777. The van der Waals surface area contributed by atoms with Crippen molar-refractivity contribution in [3.63, 3.8) is 0 Å². The molecule has 1 atom stereocenters. The average molecular weight is 365 g/mol. The predicted octanol–water partition coefficient (Wildman–Crippen LogP) is 2.81. The standard InChI is InChI=1S/C15H21ClN2O4.ClH/c1-9-7-12(13(22-4)8-11(9)16)17-15(21)10(2)18(3)6-5-14(19)20;/h7-8,10H,5-6H2,1-4H3,(H,17,21)(H,19,20);1H. The van der Waals surface area contributed by atoms with Crippen molar-refractivity contribution >= 4 is 41.6 Å². The van der Waals surface area contributed by atoms with Crippen molar-refractivity contribution < 1.29 is 19.4 Å². The Bertz CT molecular complexity index is 567. The molecule has 0 saturated heterocycles. The van der Waals surface area contributed by atoms with E-state index in [9.17, 15) is 9.59 Å². The first kappa shape index (κ1) is 21.5. The minimum absolute atomic E-state index is 0. The molecule has 1 rings (SSSR count). The molecule has 8 heteroatoms. The molecule has 0 aliphatic heterocycles. The second-order valence-electron chi connectivity index (χ2n) is 5.09. The van der Waals surface area contributed by atoms with E-state index < -0.39 is 12.0 Å². The van der Waals surface area contributed by atoms with Crippen molar-refractivity contribution in [3.8, 4) is 5.75 Å². The molecule has 0 aliphatic carbocycles. The number of ether oxygens (including phenoxy) is 1. The minimum atomic E-state index is -0.894. The predicted molar refractivity (Wildman–Crippen MR) is 93.0 cm³/mol. The number of halogens is 2. The number of nitrogens with one attached hydrogen (secondary N) is 1. The van der Waals surface area contributed by atoms with Gasteiger partial charge >= 0.3 is 5.97 Å². The van der Waals surface area contributed by atoms with Crippen LogP contribution in [0, 0.1) is 6.92 Å². The summed E-state index contributed by atoms with van der Waals surface area (Å²) >= 11 is 6.03. The number of likely N-dealkylation sites (N-methyl/N-ethyl adjacent to an activating group) is 1. The highest BCUT2D eigenvalue weighted by Crippen LogP contribution is 2.31. The van der Waals surface area contributed by atoms with E-state index in [0.717, 1.165) is 5.56 Å². The Kier molecular flexibility index (Phi) is 8.97. The number of hydrogen-bond donors (Lipinski definition) is 2. The van der Waals surface area contributed by atoms with Gasteiger partial charge in [0.05, 0.1) is 25.3 Å². The Morgan fingerprint density at radius 1 is 1.43 bits per heavy atom. The number of rotatable bonds is 7. The van der Waals surface area contributed by atoms with Gasteiger partial charge in [-0.3, -0.25) is 14.5 Å². The lowest BCUT2D eigenvalue weighted by molar-refractivity contribution is -0.137. The van der Waals surface area contributed by atoms with Gasteiger partial charge in [0.1, 0.15) is 5.75 Å². The fourth-order valence-corrected chi connectivity index (χ4v) is 1.99. The Balaban J connectivity index is 0.00000484. The molecule has 1 unspecified atom stereocenters. The van der Waals surface area contributed by atoms with Crippen molar-refractivity contribution in [1.82, 2.24) is 4.90 Å². The lowest BCUT2D eigenvalue weighted by Gasteiger charge is -2.23. The van der Waals surface area contributed by atoms with Gasteiger partial charge in [-0.15, -0.1) is 12.4 Å². The number of carbonyl (C=O) groups excluding carboxylic acids is 1. The van der Waals surface area contributed by atoms with Gasteiger partial charge in [-0.05, 0) is 32.5 Å². The zero-order valence-corrected chi connectivity index (χ0v) is 15.1. The maximum absolute atomic E-state index is 12.3. The summed E-state index contributed by atoms with van der Waals surface area (Å²) < 4.78 is 5.21. The molecule has 2 N–H and O–H groups in total. The molecule has 6 nitrogen and oxygen atoms in total. The molecule has 0 radical (unpaired) electrons. The summed E-state index contributed by atoms with van der Waals surface area (Å²) in [5.41, 5.74) is 1.36. The van der Waals surface area contributed by atoms with E-state index in [1.807, 2.05) is 6.92 Å². The Morgan fingerprint density at radius 2 is 2.04 bits per heavy atom. The van der Waals surface area contributed by atoms with Gasteiger partial charge in [-0.1, -0.05) is 11.6 Å². The number of carboxylic acid groups (broad SMARTS) is 1. The summed E-state index contributed by atoms with van der Waals surface area (Å²) in [7, 11) is 3.20. The lowest BCUT2D eigenvalue weighted by Crippen LogP contribution is -2.40. The summed E-state index contributed by atoms with van der Waals surface area (Å²) in [6.45, 7) is 3.84. The molecule has 130 valence electrons. The molecule has 0 spiro atoms. The van der Waals surface area contributed by atoms with Crippen LogP contribution in [0.25, 0.3) is 0 Å². The van der Waals surface area contributed by atoms with Crippen LogP contribution in [0.3, 0.4) is 0 Å². The molecule has 1 amide bonds. The van der Waals surface area contributed by atoms with Gasteiger partial charge in [0.2, 0.25) is 5.91 Å². The lowest BCUT2D eigenvalue weighted by atomic mass is 10.2. The third-order valence-corrected chi connectivity index (χ3v) is 3.86. The summed E-state index contributed by atoms with van der Waals surface area (Å²) in [5, 5.41) is 12.0. The van der Waals surface area contributed by atoms with Crippen LogP contribution in [0.5, 0.6) is 5.75 Å². The molecule has 0 saturated carbocycles. The van der Waals surface area contributed by atoms with Crippen LogP contribution in [-0.4, -0.2) is 48.6 Å². The summed E-state index contributed by atoms with van der Waals surface area (Å²) in [6.07, 6.45) is -0.0164. The number of hydrogen-bond acceptors (Lipinski definition) is 4. The van der Waals surface area contributed by atoms with Gasteiger partial charge in [-0.2, -0.15) is 0 Å². The smallest absolute Gasteiger partial charge is 0.304 e. The number of methoxy groups -OCH3 is 1. The molecular weight excluding hydrogens is 343 g/mol. The third kappa shape index (κ3) is 6.25. The SMILES string of the molecule is COc1cc(Cl)c(C)cc1NC(=O)C(C)N(C)CCC(=O)O.Cl. The van der Waals surface area contributed by atoms with Gasteiger partial charge < -0.3 is 15.2 Å². The summed E-state index contributed by atoms with van der Waals surface area (Å²) in [5.74, 6) is -0.660. The van der Waals surface area contributed by atoms with E-state index in [-0.39, 0.29) is 24.7 Å². The summed E-state index contributed by atoms with van der Waals surface area (Å²) in [4.78, 5) is 24.5. The van der Waals surface area contributed by atoms with Crippen molar-refractivity contribution in [2.75, 3.05) is 26.0 Å². The fraction of sp³-hybridized carbons (Fsp3) is 0.467. The Labute approximate surface area is 147 Å². The highest BCUT2D eigenvalue weighted by molar-refractivity contribution is 6.31. The second-order valence-corrected chi connectivity index (χ2v) is 5.50. The van der Waals surface area contributed by atoms with Gasteiger partial charge in [0.25, 0.3) is 0 Å². The number of anilines is 1. The number of carboxylic acids is 1. The monoisotopic (exact) mass is 364 g/mol. The van der Waals surface area contributed by atoms with E-state index >= 15 is 0 Å². The van der Waals surface area contributed by atoms with Crippen molar-refractivity contribution in [3.05, 3.63) is 22.7 Å². The van der Waals surface area contributed by atoms with E-state index in [1.165, 1.54) is 7.11 Å². The second kappa shape index (κ2) is 9.60. The first-order chi connectivity index (χ1) is 10.3. The van der Waals surface area contributed by atoms with E-state index in [0.29, 0.717) is 23.0 Å². The van der Waals surface area contributed by atoms with Crippen molar-refractivity contribution in [2.24, 2.45) is 0 Å². The number of carbonyl (C=O) groups is 2. The molecule has 0 bridgehead atoms. The summed E-state index contributed by atoms with van der Waals surface area (Å²) in [6, 6.07) is 2.91. The Hall–Kier alpha value is -1.50. The molecule has 23 heavy (non-hydrogen) atoms. The molecule has 0 fully saturated rings. The molecule has 1 aromatic rings. The third-order valence-electron chi connectivity index (χ3n) is 3.46. The topological polar surface area (TPSA) is 78.9 Å². The molecular formula is C15H22Cl2N2O4. The van der Waals surface area contributed by atoms with E-state index in [1.54, 1.807) is 31.0 Å². The molecule has 0 heterocycles. The van der Waals surface area contributed by atoms with E-state index in [2.05, 4.69) is 5.32 Å². The fourth-order valence-electron chi connectivity index (χ4n) is 1.83. The van der Waals surface area contributed by atoms with Crippen LogP contribution in [0.15, 0.2) is 12.1 Å². The minimum Gasteiger partial charge on any atom is -0.495 e. The van der Waals surface area contributed by atoms with Gasteiger partial charge in [0.15, 0.2) is 0 Å². The van der Waals surface area contributed by atoms with Crippen molar-refractivity contribution in [2.45, 2.75) is 26.3 Å². The normalized spacial score (nSPS) is 11.6. The maximum atomic E-state index is 12.3. The molecule has 1 aromatic carbocycles. The molecule has 0 aliphatic rings. The maximum Gasteiger partial charge on any atom is 0.304 e. The number of aliphatic carboxylic acids is 1. The van der Waals surface area contributed by atoms with Crippen LogP contribution in [0.2, 0.25) is 5.02 Å². The van der Waals surface area contributed by atoms with Crippen LogP contribution < -0.4 is 10.1 Å². The number of amides is 1. The highest BCUT2D eigenvalue weighted by Gasteiger charge is 2.20. The number of nitrogens with zero attached hydrogens (tertiary/aromatic N) is 1. The molecule has 0 aromatic heterocycles. The van der Waals surface area contributed by atoms with Crippen molar-refractivity contribution in [1.29, 1.82) is 0 Å². The highest BCUT2D eigenvalue weighted by atomic mass is 35.5. The van der Waals surface area contributed by atoms with Gasteiger partial charge in [-0.25, -0.2) is 0 Å². The average Bonchev–Trinajstić information content (AvgIpc) is 2.47. The zero-order valence-electron chi connectivity index (χ0n) is 13.6. The number of benzene rings is 1. The van der Waals surface area contributed by atoms with E-state index in [4.69, 9.17) is 21.4 Å². The van der Waals surface area contributed by atoms with Crippen LogP contribution >= 0.6 is 24.0 Å². The first-order valence-electron chi connectivity index (χ1n) is 6.83. The Morgan fingerprint density at radius 3 is 2.57 bits per heavy atom. The zero-order chi connectivity index (χ0) is 16.9. The van der Waals surface area contributed by atoms with Gasteiger partial charge in [0, 0.05) is 17.6 Å². The largest absolute Gasteiger partial charge is 0.495 e. The van der Waals surface area contributed by atoms with Crippen LogP contribution in [-0.2, 0) is 9.59 Å².